The monoisotopic (exact) mass is 297 g/mol. The SMILES string of the molecule is CC(C)n1cc(N)c(-c2ccc(F)cc2Br)n1. The van der Waals surface area contributed by atoms with Crippen molar-refractivity contribution in [3.63, 3.8) is 0 Å². The third-order valence-electron chi connectivity index (χ3n) is 2.48. The summed E-state index contributed by atoms with van der Waals surface area (Å²) < 4.78 is 15.5. The fraction of sp³-hybridized carbons (Fsp3) is 0.250. The maximum absolute atomic E-state index is 13.0. The number of benzene rings is 1. The number of aromatic nitrogens is 2. The second-order valence-electron chi connectivity index (χ2n) is 4.13. The normalized spacial score (nSPS) is 11.1. The zero-order valence-corrected chi connectivity index (χ0v) is 11.2. The fourth-order valence-corrected chi connectivity index (χ4v) is 2.10. The van der Waals surface area contributed by atoms with Crippen LogP contribution < -0.4 is 5.73 Å². The predicted molar refractivity (Wildman–Crippen MR) is 70.1 cm³/mol. The summed E-state index contributed by atoms with van der Waals surface area (Å²) in [7, 11) is 0. The molecule has 0 spiro atoms. The molecule has 0 aliphatic rings. The zero-order chi connectivity index (χ0) is 12.6. The Morgan fingerprint density at radius 3 is 2.65 bits per heavy atom. The molecule has 0 atom stereocenters. The lowest BCUT2D eigenvalue weighted by Crippen LogP contribution is -2.00. The number of hydrogen-bond acceptors (Lipinski definition) is 2. The molecule has 0 unspecified atom stereocenters. The predicted octanol–water partition coefficient (Wildman–Crippen LogP) is 3.61. The molecule has 5 heteroatoms. The molecule has 0 fully saturated rings. The van der Waals surface area contributed by atoms with Crippen molar-refractivity contribution < 1.29 is 4.39 Å². The second kappa shape index (κ2) is 4.49. The van der Waals surface area contributed by atoms with Crippen LogP contribution in [0.3, 0.4) is 0 Å². The van der Waals surface area contributed by atoms with Gasteiger partial charge in [0.25, 0.3) is 0 Å². The molecule has 0 saturated carbocycles. The van der Waals surface area contributed by atoms with E-state index in [0.29, 0.717) is 15.9 Å². The first-order valence-electron chi connectivity index (χ1n) is 5.29. The van der Waals surface area contributed by atoms with Gasteiger partial charge in [-0.2, -0.15) is 5.10 Å². The first-order chi connectivity index (χ1) is 7.99. The topological polar surface area (TPSA) is 43.8 Å². The van der Waals surface area contributed by atoms with Crippen molar-refractivity contribution in [3.05, 3.63) is 34.7 Å². The Hall–Kier alpha value is -1.36. The zero-order valence-electron chi connectivity index (χ0n) is 9.61. The van der Waals surface area contributed by atoms with E-state index < -0.39 is 0 Å². The van der Waals surface area contributed by atoms with E-state index in [9.17, 15) is 4.39 Å². The van der Waals surface area contributed by atoms with Crippen molar-refractivity contribution in [3.8, 4) is 11.3 Å². The molecule has 3 nitrogen and oxygen atoms in total. The first kappa shape index (κ1) is 12.1. The second-order valence-corrected chi connectivity index (χ2v) is 4.99. The highest BCUT2D eigenvalue weighted by molar-refractivity contribution is 9.10. The maximum atomic E-state index is 13.0. The van der Waals surface area contributed by atoms with Crippen LogP contribution in [-0.4, -0.2) is 9.78 Å². The quantitative estimate of drug-likeness (QED) is 0.920. The highest BCUT2D eigenvalue weighted by Crippen LogP contribution is 2.32. The molecular weight excluding hydrogens is 285 g/mol. The fourth-order valence-electron chi connectivity index (χ4n) is 1.56. The van der Waals surface area contributed by atoms with E-state index in [0.717, 1.165) is 5.56 Å². The summed E-state index contributed by atoms with van der Waals surface area (Å²) in [6.45, 7) is 4.05. The summed E-state index contributed by atoms with van der Waals surface area (Å²) in [4.78, 5) is 0. The average Bonchev–Trinajstić information content (AvgIpc) is 2.61. The number of nitrogens with two attached hydrogens (primary N) is 1. The van der Waals surface area contributed by atoms with E-state index >= 15 is 0 Å². The summed E-state index contributed by atoms with van der Waals surface area (Å²) in [6, 6.07) is 4.71. The smallest absolute Gasteiger partial charge is 0.124 e. The van der Waals surface area contributed by atoms with E-state index in [4.69, 9.17) is 5.73 Å². The first-order valence-corrected chi connectivity index (χ1v) is 6.08. The van der Waals surface area contributed by atoms with Crippen LogP contribution in [0.2, 0.25) is 0 Å². The van der Waals surface area contributed by atoms with Crippen LogP contribution >= 0.6 is 15.9 Å². The molecule has 1 heterocycles. The summed E-state index contributed by atoms with van der Waals surface area (Å²) in [5.74, 6) is -0.289. The van der Waals surface area contributed by atoms with Gasteiger partial charge in [-0.25, -0.2) is 4.39 Å². The van der Waals surface area contributed by atoms with Crippen LogP contribution in [0.4, 0.5) is 10.1 Å². The van der Waals surface area contributed by atoms with Gasteiger partial charge in [-0.3, -0.25) is 4.68 Å². The van der Waals surface area contributed by atoms with Gasteiger partial charge >= 0.3 is 0 Å². The lowest BCUT2D eigenvalue weighted by atomic mass is 10.1. The van der Waals surface area contributed by atoms with Crippen LogP contribution in [0.25, 0.3) is 11.3 Å². The van der Waals surface area contributed by atoms with E-state index in [-0.39, 0.29) is 11.9 Å². The Bertz CT molecular complexity index is 549. The molecule has 90 valence electrons. The minimum Gasteiger partial charge on any atom is -0.396 e. The van der Waals surface area contributed by atoms with E-state index in [2.05, 4.69) is 21.0 Å². The third kappa shape index (κ3) is 2.34. The van der Waals surface area contributed by atoms with Gasteiger partial charge in [-0.05, 0) is 48.0 Å². The van der Waals surface area contributed by atoms with Crippen molar-refractivity contribution in [2.75, 3.05) is 5.73 Å². The summed E-state index contributed by atoms with van der Waals surface area (Å²) in [6.07, 6.45) is 1.79. The molecule has 0 aliphatic carbocycles. The molecule has 2 N–H and O–H groups in total. The molecule has 0 aliphatic heterocycles. The molecular formula is C12H13BrFN3. The lowest BCUT2D eigenvalue weighted by Gasteiger charge is -2.04. The number of rotatable bonds is 2. The Kier molecular flexibility index (Phi) is 3.19. The highest BCUT2D eigenvalue weighted by Gasteiger charge is 2.13. The van der Waals surface area contributed by atoms with Crippen molar-refractivity contribution >= 4 is 21.6 Å². The molecule has 0 amide bonds. The van der Waals surface area contributed by atoms with Crippen molar-refractivity contribution in [2.24, 2.45) is 0 Å². The number of nitrogen functional groups attached to an aromatic ring is 1. The molecule has 1 aromatic carbocycles. The van der Waals surface area contributed by atoms with Gasteiger partial charge in [0.2, 0.25) is 0 Å². The minimum atomic E-state index is -0.289. The van der Waals surface area contributed by atoms with Gasteiger partial charge in [0.05, 0.1) is 5.69 Å². The van der Waals surface area contributed by atoms with E-state index in [1.54, 1.807) is 16.9 Å². The molecule has 1 aromatic heterocycles. The van der Waals surface area contributed by atoms with Crippen LogP contribution in [0.1, 0.15) is 19.9 Å². The van der Waals surface area contributed by atoms with E-state index in [1.165, 1.54) is 12.1 Å². The molecule has 0 saturated heterocycles. The molecule has 0 radical (unpaired) electrons. The number of nitrogens with zero attached hydrogens (tertiary/aromatic N) is 2. The summed E-state index contributed by atoms with van der Waals surface area (Å²) in [5, 5.41) is 4.41. The van der Waals surface area contributed by atoms with Crippen LogP contribution in [0.5, 0.6) is 0 Å². The van der Waals surface area contributed by atoms with Crippen LogP contribution in [-0.2, 0) is 0 Å². The van der Waals surface area contributed by atoms with Gasteiger partial charge < -0.3 is 5.73 Å². The van der Waals surface area contributed by atoms with Crippen LogP contribution in [0, 0.1) is 5.82 Å². The number of hydrogen-bond donors (Lipinski definition) is 1. The van der Waals surface area contributed by atoms with Crippen molar-refractivity contribution in [1.29, 1.82) is 0 Å². The van der Waals surface area contributed by atoms with Crippen molar-refractivity contribution in [2.45, 2.75) is 19.9 Å². The van der Waals surface area contributed by atoms with Gasteiger partial charge in [0.15, 0.2) is 0 Å². The van der Waals surface area contributed by atoms with Gasteiger partial charge in [-0.15, -0.1) is 0 Å². The third-order valence-corrected chi connectivity index (χ3v) is 3.13. The summed E-state index contributed by atoms with van der Waals surface area (Å²) in [5.41, 5.74) is 7.98. The number of anilines is 1. The number of halogens is 2. The molecule has 2 aromatic rings. The Balaban J connectivity index is 2.52. The van der Waals surface area contributed by atoms with Gasteiger partial charge in [0, 0.05) is 22.3 Å². The molecule has 2 rings (SSSR count). The lowest BCUT2D eigenvalue weighted by molar-refractivity contribution is 0.534. The maximum Gasteiger partial charge on any atom is 0.124 e. The van der Waals surface area contributed by atoms with Gasteiger partial charge in [-0.1, -0.05) is 0 Å². The van der Waals surface area contributed by atoms with E-state index in [1.807, 2.05) is 13.8 Å². The Morgan fingerprint density at radius 1 is 1.41 bits per heavy atom. The largest absolute Gasteiger partial charge is 0.396 e. The summed E-state index contributed by atoms with van der Waals surface area (Å²) >= 11 is 3.32. The minimum absolute atomic E-state index is 0.241. The average molecular weight is 298 g/mol. The van der Waals surface area contributed by atoms with Gasteiger partial charge in [0.1, 0.15) is 11.5 Å². The Labute approximate surface area is 108 Å². The Morgan fingerprint density at radius 2 is 2.12 bits per heavy atom. The molecule has 17 heavy (non-hydrogen) atoms. The van der Waals surface area contributed by atoms with Crippen LogP contribution in [0.15, 0.2) is 28.9 Å². The van der Waals surface area contributed by atoms with Crippen molar-refractivity contribution in [1.82, 2.24) is 9.78 Å². The highest BCUT2D eigenvalue weighted by atomic mass is 79.9. The standard InChI is InChI=1S/C12H13BrFN3/c1-7(2)17-6-11(15)12(16-17)9-4-3-8(14)5-10(9)13/h3-7H,15H2,1-2H3. The molecule has 0 bridgehead atoms.